The molecular weight excluding hydrogens is 296 g/mol. The van der Waals surface area contributed by atoms with Crippen LogP contribution in [-0.2, 0) is 6.54 Å². The predicted molar refractivity (Wildman–Crippen MR) is 76.9 cm³/mol. The summed E-state index contributed by atoms with van der Waals surface area (Å²) < 4.78 is 1.05. The van der Waals surface area contributed by atoms with Crippen LogP contribution in [0.2, 0.25) is 0 Å². The van der Waals surface area contributed by atoms with Gasteiger partial charge in [-0.1, -0.05) is 46.3 Å². The van der Waals surface area contributed by atoms with Gasteiger partial charge in [0, 0.05) is 16.2 Å². The number of hydrogen-bond donors (Lipinski definition) is 1. The molecule has 4 heteroatoms. The number of thiocarbonyl (C=S) groups is 1. The Morgan fingerprint density at radius 1 is 1.18 bits per heavy atom. The van der Waals surface area contributed by atoms with E-state index < -0.39 is 0 Å². The van der Waals surface area contributed by atoms with Crippen LogP contribution < -0.4 is 5.32 Å². The maximum absolute atomic E-state index is 5.31. The highest BCUT2D eigenvalue weighted by atomic mass is 79.9. The zero-order valence-electron chi connectivity index (χ0n) is 9.06. The van der Waals surface area contributed by atoms with Gasteiger partial charge in [0.1, 0.15) is 4.99 Å². The molecule has 86 valence electrons. The van der Waals surface area contributed by atoms with Crippen LogP contribution in [0.3, 0.4) is 0 Å². The molecule has 0 saturated heterocycles. The fraction of sp³-hybridized carbons (Fsp3) is 0.0769. The van der Waals surface area contributed by atoms with Gasteiger partial charge in [-0.3, -0.25) is 4.98 Å². The third kappa shape index (κ3) is 3.61. The van der Waals surface area contributed by atoms with Crippen LogP contribution in [0.1, 0.15) is 11.3 Å². The van der Waals surface area contributed by atoms with E-state index in [0.29, 0.717) is 6.54 Å². The molecule has 0 bridgehead atoms. The Morgan fingerprint density at radius 2 is 1.94 bits per heavy atom. The number of hydrogen-bond acceptors (Lipinski definition) is 2. The minimum Gasteiger partial charge on any atom is -0.370 e. The third-order valence-corrected chi connectivity index (χ3v) is 3.17. The molecule has 0 unspecified atom stereocenters. The summed E-state index contributed by atoms with van der Waals surface area (Å²) in [7, 11) is 0. The van der Waals surface area contributed by atoms with E-state index in [-0.39, 0.29) is 0 Å². The van der Waals surface area contributed by atoms with Gasteiger partial charge in [-0.05, 0) is 24.3 Å². The lowest BCUT2D eigenvalue weighted by molar-refractivity contribution is 0.884. The lowest BCUT2D eigenvalue weighted by Crippen LogP contribution is -2.22. The standard InChI is InChI=1S/C13H11BrN2S/c14-11-6-4-10(5-7-11)13(17)16-9-12-3-1-2-8-15-12/h1-8H,9H2,(H,16,17). The highest BCUT2D eigenvalue weighted by molar-refractivity contribution is 9.10. The van der Waals surface area contributed by atoms with Crippen LogP contribution in [0.15, 0.2) is 53.1 Å². The van der Waals surface area contributed by atoms with Crippen molar-refractivity contribution in [3.63, 3.8) is 0 Å². The largest absolute Gasteiger partial charge is 0.370 e. The molecule has 2 rings (SSSR count). The Morgan fingerprint density at radius 3 is 2.59 bits per heavy atom. The zero-order chi connectivity index (χ0) is 12.1. The van der Waals surface area contributed by atoms with E-state index in [2.05, 4.69) is 26.2 Å². The smallest absolute Gasteiger partial charge is 0.106 e. The van der Waals surface area contributed by atoms with E-state index >= 15 is 0 Å². The molecule has 2 nitrogen and oxygen atoms in total. The van der Waals surface area contributed by atoms with Gasteiger partial charge in [0.2, 0.25) is 0 Å². The van der Waals surface area contributed by atoms with Crippen LogP contribution in [0, 0.1) is 0 Å². The van der Waals surface area contributed by atoms with Crippen LogP contribution in [0.4, 0.5) is 0 Å². The van der Waals surface area contributed by atoms with E-state index in [0.717, 1.165) is 20.7 Å². The Labute approximate surface area is 114 Å². The maximum Gasteiger partial charge on any atom is 0.106 e. The predicted octanol–water partition coefficient (Wildman–Crippen LogP) is 3.31. The van der Waals surface area contributed by atoms with Crippen molar-refractivity contribution in [2.24, 2.45) is 0 Å². The minimum absolute atomic E-state index is 0.649. The molecule has 0 radical (unpaired) electrons. The molecule has 17 heavy (non-hydrogen) atoms. The van der Waals surface area contributed by atoms with Gasteiger partial charge >= 0.3 is 0 Å². The van der Waals surface area contributed by atoms with Crippen molar-refractivity contribution in [1.82, 2.24) is 10.3 Å². The topological polar surface area (TPSA) is 24.9 Å². The first kappa shape index (κ1) is 12.2. The van der Waals surface area contributed by atoms with Crippen molar-refractivity contribution >= 4 is 33.1 Å². The van der Waals surface area contributed by atoms with Crippen molar-refractivity contribution in [3.05, 3.63) is 64.4 Å². The Hall–Kier alpha value is -1.26. The van der Waals surface area contributed by atoms with E-state index in [1.807, 2.05) is 42.5 Å². The van der Waals surface area contributed by atoms with Crippen LogP contribution in [0.5, 0.6) is 0 Å². The highest BCUT2D eigenvalue weighted by Crippen LogP contribution is 2.10. The number of nitrogens with one attached hydrogen (secondary N) is 1. The Balaban J connectivity index is 1.96. The maximum atomic E-state index is 5.31. The summed E-state index contributed by atoms with van der Waals surface area (Å²) in [6.07, 6.45) is 1.78. The molecule has 0 aliphatic heterocycles. The first-order chi connectivity index (χ1) is 8.25. The summed E-state index contributed by atoms with van der Waals surface area (Å²) in [5.41, 5.74) is 1.99. The molecule has 1 aromatic heterocycles. The normalized spacial score (nSPS) is 9.94. The molecule has 0 amide bonds. The summed E-state index contributed by atoms with van der Waals surface area (Å²) in [5.74, 6) is 0. The summed E-state index contributed by atoms with van der Waals surface area (Å²) in [5, 5.41) is 3.19. The molecule has 0 fully saturated rings. The molecule has 0 aliphatic rings. The van der Waals surface area contributed by atoms with Crippen molar-refractivity contribution in [2.75, 3.05) is 0 Å². The van der Waals surface area contributed by atoms with Gasteiger partial charge in [0.15, 0.2) is 0 Å². The zero-order valence-corrected chi connectivity index (χ0v) is 11.5. The summed E-state index contributed by atoms with van der Waals surface area (Å²) in [6, 6.07) is 13.8. The summed E-state index contributed by atoms with van der Waals surface area (Å²) >= 11 is 8.71. The van der Waals surface area contributed by atoms with Crippen molar-refractivity contribution in [1.29, 1.82) is 0 Å². The van der Waals surface area contributed by atoms with Gasteiger partial charge in [0.25, 0.3) is 0 Å². The number of rotatable bonds is 3. The molecule has 0 saturated carbocycles. The van der Waals surface area contributed by atoms with E-state index in [4.69, 9.17) is 12.2 Å². The summed E-state index contributed by atoms with van der Waals surface area (Å²) in [4.78, 5) is 4.97. The van der Waals surface area contributed by atoms with Crippen LogP contribution in [0.25, 0.3) is 0 Å². The average molecular weight is 307 g/mol. The number of nitrogens with zero attached hydrogens (tertiary/aromatic N) is 1. The number of halogens is 1. The molecule has 1 heterocycles. The fourth-order valence-corrected chi connectivity index (χ4v) is 1.85. The van der Waals surface area contributed by atoms with E-state index in [1.54, 1.807) is 6.20 Å². The second-order valence-corrected chi connectivity index (χ2v) is 4.83. The molecule has 1 N–H and O–H groups in total. The monoisotopic (exact) mass is 306 g/mol. The molecule has 1 aromatic carbocycles. The van der Waals surface area contributed by atoms with Crippen LogP contribution in [-0.4, -0.2) is 9.97 Å². The van der Waals surface area contributed by atoms with Gasteiger partial charge in [-0.15, -0.1) is 0 Å². The van der Waals surface area contributed by atoms with E-state index in [1.165, 1.54) is 0 Å². The lowest BCUT2D eigenvalue weighted by Gasteiger charge is -2.07. The second-order valence-electron chi connectivity index (χ2n) is 3.51. The second kappa shape index (κ2) is 5.89. The number of pyridine rings is 1. The first-order valence-corrected chi connectivity index (χ1v) is 6.39. The quantitative estimate of drug-likeness (QED) is 0.881. The first-order valence-electron chi connectivity index (χ1n) is 5.19. The number of aromatic nitrogens is 1. The Bertz CT molecular complexity index is 497. The minimum atomic E-state index is 0.649. The van der Waals surface area contributed by atoms with Gasteiger partial charge in [0.05, 0.1) is 12.2 Å². The van der Waals surface area contributed by atoms with Gasteiger partial charge in [-0.2, -0.15) is 0 Å². The fourth-order valence-electron chi connectivity index (χ4n) is 1.38. The summed E-state index contributed by atoms with van der Waals surface area (Å²) in [6.45, 7) is 0.649. The van der Waals surface area contributed by atoms with E-state index in [9.17, 15) is 0 Å². The lowest BCUT2D eigenvalue weighted by atomic mass is 10.2. The molecule has 0 spiro atoms. The SMILES string of the molecule is S=C(NCc1ccccn1)c1ccc(Br)cc1. The van der Waals surface area contributed by atoms with Crippen molar-refractivity contribution < 1.29 is 0 Å². The average Bonchev–Trinajstić information content (AvgIpc) is 2.38. The van der Waals surface area contributed by atoms with Crippen molar-refractivity contribution in [2.45, 2.75) is 6.54 Å². The molecular formula is C13H11BrN2S. The van der Waals surface area contributed by atoms with Gasteiger partial charge in [-0.25, -0.2) is 0 Å². The molecule has 0 aliphatic carbocycles. The highest BCUT2D eigenvalue weighted by Gasteiger charge is 2.00. The van der Waals surface area contributed by atoms with Crippen molar-refractivity contribution in [3.8, 4) is 0 Å². The van der Waals surface area contributed by atoms with Gasteiger partial charge < -0.3 is 5.32 Å². The Kier molecular flexibility index (Phi) is 4.23. The number of benzene rings is 1. The third-order valence-electron chi connectivity index (χ3n) is 2.26. The molecule has 2 aromatic rings. The molecule has 0 atom stereocenters. The van der Waals surface area contributed by atoms with Crippen LogP contribution >= 0.6 is 28.1 Å².